The Morgan fingerprint density at radius 2 is 1.47 bits per heavy atom. The molecular weight excluding hydrogens is 225 g/mol. The summed E-state index contributed by atoms with van der Waals surface area (Å²) in [5, 5.41) is 0. The molecule has 2 fully saturated rings. The van der Waals surface area contributed by atoms with E-state index in [2.05, 4.69) is 0 Å². The summed E-state index contributed by atoms with van der Waals surface area (Å²) in [7, 11) is -3.94. The quantitative estimate of drug-likeness (QED) is 0.547. The summed E-state index contributed by atoms with van der Waals surface area (Å²) in [5.41, 5.74) is 0.404. The van der Waals surface area contributed by atoms with Crippen LogP contribution in [0.5, 0.6) is 0 Å². The van der Waals surface area contributed by atoms with Gasteiger partial charge in [0.2, 0.25) is 0 Å². The summed E-state index contributed by atoms with van der Waals surface area (Å²) in [5.74, 6) is 0. The van der Waals surface area contributed by atoms with Gasteiger partial charge >= 0.3 is 39.9 Å². The van der Waals surface area contributed by atoms with Crippen molar-refractivity contribution in [2.75, 3.05) is 13.1 Å². The first-order valence-corrected chi connectivity index (χ1v) is 6.64. The van der Waals surface area contributed by atoms with Gasteiger partial charge in [0.1, 0.15) is 0 Å². The number of piperidine rings is 1. The van der Waals surface area contributed by atoms with Gasteiger partial charge in [0.05, 0.1) is 0 Å². The van der Waals surface area contributed by atoms with Gasteiger partial charge in [-0.1, -0.05) is 12.8 Å². The van der Waals surface area contributed by atoms with E-state index in [1.165, 1.54) is 30.0 Å². The van der Waals surface area contributed by atoms with Gasteiger partial charge < -0.3 is 0 Å². The fourth-order valence-corrected chi connectivity index (χ4v) is 3.46. The molecule has 0 atom stereocenters. The van der Waals surface area contributed by atoms with E-state index >= 15 is 0 Å². The van der Waals surface area contributed by atoms with Crippen molar-refractivity contribution in [3.63, 3.8) is 0 Å². The van der Waals surface area contributed by atoms with Gasteiger partial charge in [-0.25, -0.2) is 0 Å². The molecule has 0 amide bonds. The number of hydrogen-bond donors (Lipinski definition) is 1. The van der Waals surface area contributed by atoms with Crippen molar-refractivity contribution in [3.05, 3.63) is 0 Å². The van der Waals surface area contributed by atoms with Crippen molar-refractivity contribution in [3.8, 4) is 0 Å². The van der Waals surface area contributed by atoms with Crippen LogP contribution in [0.15, 0.2) is 0 Å². The zero-order valence-corrected chi connectivity index (χ0v) is 9.09. The fourth-order valence-electron chi connectivity index (χ4n) is 2.82. The molecule has 4 nitrogen and oxygen atoms in total. The molecule has 0 radical (unpaired) electrons. The molecule has 0 aromatic heterocycles. The fraction of sp³-hybridized carbons (Fsp3) is 1.00. The van der Waals surface area contributed by atoms with Crippen LogP contribution in [0.2, 0.25) is 0 Å². The first-order chi connectivity index (χ1) is 6.52. The van der Waals surface area contributed by atoms with E-state index in [-0.39, 0.29) is 29.6 Å². The van der Waals surface area contributed by atoms with Gasteiger partial charge in [0.25, 0.3) is 0 Å². The van der Waals surface area contributed by atoms with Gasteiger partial charge in [-0.3, -0.25) is 4.55 Å². The molecule has 1 saturated heterocycles. The summed E-state index contributed by atoms with van der Waals surface area (Å²) in [6.07, 6.45) is 6.90. The van der Waals surface area contributed by atoms with Crippen molar-refractivity contribution < 1.29 is 13.0 Å². The summed E-state index contributed by atoms with van der Waals surface area (Å²) in [6, 6.07) is 0. The Balaban J connectivity index is 0.00000112. The Bertz CT molecular complexity index is 301. The van der Waals surface area contributed by atoms with Gasteiger partial charge in [0.15, 0.2) is 0 Å². The predicted octanol–water partition coefficient (Wildman–Crippen LogP) is 0.797. The minimum absolute atomic E-state index is 0. The van der Waals surface area contributed by atoms with Crippen LogP contribution in [-0.4, -0.2) is 59.9 Å². The van der Waals surface area contributed by atoms with E-state index in [4.69, 9.17) is 4.55 Å². The van der Waals surface area contributed by atoms with Crippen molar-refractivity contribution in [2.24, 2.45) is 5.41 Å². The van der Waals surface area contributed by atoms with Crippen LogP contribution in [0.1, 0.15) is 38.5 Å². The van der Waals surface area contributed by atoms with E-state index in [0.717, 1.165) is 12.8 Å². The molecule has 84 valence electrons. The predicted molar refractivity (Wildman–Crippen MR) is 60.4 cm³/mol. The molecule has 2 aliphatic rings. The topological polar surface area (TPSA) is 57.6 Å². The third-order valence-corrected chi connectivity index (χ3v) is 4.79. The van der Waals surface area contributed by atoms with Gasteiger partial charge in [-0.2, -0.15) is 12.7 Å². The molecule has 6 heteroatoms. The Hall–Kier alpha value is 0.870. The second kappa shape index (κ2) is 5.02. The van der Waals surface area contributed by atoms with Crippen LogP contribution in [0.4, 0.5) is 0 Å². The molecule has 1 spiro atoms. The average Bonchev–Trinajstić information content (AvgIpc) is 2.53. The van der Waals surface area contributed by atoms with E-state index < -0.39 is 10.3 Å². The Morgan fingerprint density at radius 3 is 1.87 bits per heavy atom. The molecule has 0 aromatic rings. The molecule has 1 heterocycles. The summed E-state index contributed by atoms with van der Waals surface area (Å²) in [4.78, 5) is 0. The molecule has 0 unspecified atom stereocenters. The number of nitrogens with zero attached hydrogens (tertiary/aromatic N) is 1. The molecule has 15 heavy (non-hydrogen) atoms. The molecular formula is C9H18NNaO3S. The van der Waals surface area contributed by atoms with Crippen molar-refractivity contribution in [1.82, 2.24) is 4.31 Å². The third kappa shape index (κ3) is 3.17. The standard InChI is InChI=1S/C9H17NO3S.Na.H/c11-14(12,13)10-7-5-9(6-8-10)3-1-2-4-9;;/h1-8H2,(H,11,12,13);;. The average molecular weight is 243 g/mol. The molecule has 1 aliphatic carbocycles. The normalized spacial score (nSPS) is 26.5. The van der Waals surface area contributed by atoms with Crippen molar-refractivity contribution in [1.29, 1.82) is 0 Å². The molecule has 0 bridgehead atoms. The van der Waals surface area contributed by atoms with E-state index in [0.29, 0.717) is 18.5 Å². The monoisotopic (exact) mass is 243 g/mol. The van der Waals surface area contributed by atoms with Gasteiger partial charge in [-0.05, 0) is 31.1 Å². The van der Waals surface area contributed by atoms with Crippen LogP contribution in [0.25, 0.3) is 0 Å². The maximum absolute atomic E-state index is 10.9. The minimum atomic E-state index is -3.94. The number of rotatable bonds is 1. The first-order valence-electron chi connectivity index (χ1n) is 5.25. The first kappa shape index (κ1) is 13.9. The van der Waals surface area contributed by atoms with E-state index in [1.54, 1.807) is 0 Å². The van der Waals surface area contributed by atoms with Crippen LogP contribution in [-0.2, 0) is 10.3 Å². The van der Waals surface area contributed by atoms with Gasteiger partial charge in [0, 0.05) is 13.1 Å². The van der Waals surface area contributed by atoms with Crippen molar-refractivity contribution >= 4 is 39.9 Å². The Morgan fingerprint density at radius 1 is 1.00 bits per heavy atom. The molecule has 1 N–H and O–H groups in total. The Kier molecular flexibility index (Phi) is 4.66. The van der Waals surface area contributed by atoms with E-state index in [9.17, 15) is 8.42 Å². The zero-order valence-electron chi connectivity index (χ0n) is 8.28. The van der Waals surface area contributed by atoms with Crippen LogP contribution in [0.3, 0.4) is 0 Å². The molecule has 0 aromatic carbocycles. The molecule has 1 aliphatic heterocycles. The molecule has 1 saturated carbocycles. The summed E-state index contributed by atoms with van der Waals surface area (Å²) < 4.78 is 31.8. The molecule has 2 rings (SSSR count). The van der Waals surface area contributed by atoms with Gasteiger partial charge in [-0.15, -0.1) is 0 Å². The summed E-state index contributed by atoms with van der Waals surface area (Å²) in [6.45, 7) is 0.998. The van der Waals surface area contributed by atoms with Crippen LogP contribution in [0, 0.1) is 5.41 Å². The Labute approximate surface area is 114 Å². The van der Waals surface area contributed by atoms with Crippen LogP contribution < -0.4 is 0 Å². The SMILES string of the molecule is O=S(=O)(O)N1CCC2(CCCC2)CC1.[NaH]. The van der Waals surface area contributed by atoms with Crippen LogP contribution >= 0.6 is 0 Å². The van der Waals surface area contributed by atoms with E-state index in [1.807, 2.05) is 0 Å². The summed E-state index contributed by atoms with van der Waals surface area (Å²) >= 11 is 0. The second-order valence-electron chi connectivity index (χ2n) is 4.58. The maximum atomic E-state index is 10.9. The zero-order chi connectivity index (χ0) is 10.2. The third-order valence-electron chi connectivity index (χ3n) is 3.77. The van der Waals surface area contributed by atoms with Crippen molar-refractivity contribution in [2.45, 2.75) is 38.5 Å². The second-order valence-corrected chi connectivity index (χ2v) is 6.00. The number of hydrogen-bond acceptors (Lipinski definition) is 2.